The molecule has 0 saturated carbocycles. The predicted octanol–water partition coefficient (Wildman–Crippen LogP) is 1.15. The Balaban J connectivity index is 4.56. The highest BCUT2D eigenvalue weighted by Crippen LogP contribution is 2.23. The SMILES string of the molecule is CCC(C)(OC)O[Si](OC)(OC)OC. The summed E-state index contributed by atoms with van der Waals surface area (Å²) < 4.78 is 26.2. The van der Waals surface area contributed by atoms with E-state index in [0.717, 1.165) is 0 Å². The second kappa shape index (κ2) is 5.79. The van der Waals surface area contributed by atoms with Crippen LogP contribution in [0.1, 0.15) is 20.3 Å². The summed E-state index contributed by atoms with van der Waals surface area (Å²) in [6.07, 6.45) is 0.675. The largest absolute Gasteiger partial charge is 0.681 e. The van der Waals surface area contributed by atoms with Crippen LogP contribution in [0.3, 0.4) is 0 Å². The smallest absolute Gasteiger partial charge is 0.355 e. The predicted molar refractivity (Wildman–Crippen MR) is 53.6 cm³/mol. The van der Waals surface area contributed by atoms with Gasteiger partial charge in [-0.05, 0) is 13.3 Å². The topological polar surface area (TPSA) is 46.2 Å². The Morgan fingerprint density at radius 1 is 1.00 bits per heavy atom. The summed E-state index contributed by atoms with van der Waals surface area (Å²) in [5, 5.41) is 0. The van der Waals surface area contributed by atoms with Crippen molar-refractivity contribution in [3.63, 3.8) is 0 Å². The van der Waals surface area contributed by atoms with E-state index in [4.69, 9.17) is 22.4 Å². The summed E-state index contributed by atoms with van der Waals surface area (Å²) >= 11 is 0. The van der Waals surface area contributed by atoms with Gasteiger partial charge >= 0.3 is 9.05 Å². The number of hydrogen-bond donors (Lipinski definition) is 0. The molecule has 14 heavy (non-hydrogen) atoms. The minimum Gasteiger partial charge on any atom is -0.355 e. The molecule has 5 nitrogen and oxygen atoms in total. The van der Waals surface area contributed by atoms with Crippen LogP contribution in [0.2, 0.25) is 0 Å². The minimum atomic E-state index is -3.02. The summed E-state index contributed by atoms with van der Waals surface area (Å²) in [4.78, 5) is 0. The zero-order valence-electron chi connectivity index (χ0n) is 9.75. The molecule has 6 heteroatoms. The number of ether oxygens (including phenoxy) is 1. The third-order valence-corrected chi connectivity index (χ3v) is 4.35. The van der Waals surface area contributed by atoms with Gasteiger partial charge in [0.2, 0.25) is 0 Å². The molecule has 86 valence electrons. The number of rotatable bonds is 7. The summed E-state index contributed by atoms with van der Waals surface area (Å²) in [7, 11) is 3.03. The molecule has 0 aromatic rings. The normalized spacial score (nSPS) is 16.7. The lowest BCUT2D eigenvalue weighted by molar-refractivity contribution is -0.199. The van der Waals surface area contributed by atoms with Gasteiger partial charge in [0.05, 0.1) is 0 Å². The summed E-state index contributed by atoms with van der Waals surface area (Å²) in [6, 6.07) is 0. The van der Waals surface area contributed by atoms with Gasteiger partial charge in [-0.25, -0.2) is 0 Å². The highest BCUT2D eigenvalue weighted by atomic mass is 28.4. The van der Waals surface area contributed by atoms with E-state index >= 15 is 0 Å². The van der Waals surface area contributed by atoms with E-state index in [-0.39, 0.29) is 0 Å². The lowest BCUT2D eigenvalue weighted by Crippen LogP contribution is -2.53. The average molecular weight is 224 g/mol. The van der Waals surface area contributed by atoms with Gasteiger partial charge < -0.3 is 22.4 Å². The number of hydrogen-bond acceptors (Lipinski definition) is 5. The third-order valence-electron chi connectivity index (χ3n) is 2.16. The van der Waals surface area contributed by atoms with E-state index in [2.05, 4.69) is 0 Å². The lowest BCUT2D eigenvalue weighted by atomic mass is 10.2. The molecule has 0 bridgehead atoms. The van der Waals surface area contributed by atoms with Crippen LogP contribution in [-0.4, -0.2) is 43.3 Å². The molecule has 0 amide bonds. The lowest BCUT2D eigenvalue weighted by Gasteiger charge is -2.34. The molecule has 0 fully saturated rings. The Kier molecular flexibility index (Phi) is 5.80. The van der Waals surface area contributed by atoms with Crippen LogP contribution >= 0.6 is 0 Å². The van der Waals surface area contributed by atoms with Gasteiger partial charge in [0.1, 0.15) is 0 Å². The van der Waals surface area contributed by atoms with Crippen LogP contribution in [0, 0.1) is 0 Å². The van der Waals surface area contributed by atoms with Gasteiger partial charge in [0.15, 0.2) is 5.79 Å². The van der Waals surface area contributed by atoms with Crippen molar-refractivity contribution in [2.45, 2.75) is 26.1 Å². The first-order chi connectivity index (χ1) is 6.51. The average Bonchev–Trinajstić information content (AvgIpc) is 2.26. The van der Waals surface area contributed by atoms with Crippen LogP contribution in [-0.2, 0) is 22.4 Å². The van der Waals surface area contributed by atoms with Crippen LogP contribution in [0.15, 0.2) is 0 Å². The fourth-order valence-corrected chi connectivity index (χ4v) is 2.40. The standard InChI is InChI=1S/C8H20O5Si/c1-7-8(2,9-3)13-14(10-4,11-5)12-6/h7H2,1-6H3. The molecular weight excluding hydrogens is 204 g/mol. The Labute approximate surface area is 86.7 Å². The van der Waals surface area contributed by atoms with Crippen molar-refractivity contribution in [1.29, 1.82) is 0 Å². The Bertz CT molecular complexity index is 148. The van der Waals surface area contributed by atoms with Crippen LogP contribution in [0.25, 0.3) is 0 Å². The van der Waals surface area contributed by atoms with Gasteiger partial charge in [-0.1, -0.05) is 6.92 Å². The molecule has 1 unspecified atom stereocenters. The summed E-state index contributed by atoms with van der Waals surface area (Å²) in [5.74, 6) is -0.742. The van der Waals surface area contributed by atoms with Crippen molar-refractivity contribution in [2.75, 3.05) is 28.4 Å². The molecule has 0 aliphatic carbocycles. The fourth-order valence-electron chi connectivity index (χ4n) is 0.898. The van der Waals surface area contributed by atoms with Gasteiger partial charge in [0.25, 0.3) is 0 Å². The quantitative estimate of drug-likeness (QED) is 0.479. The summed E-state index contributed by atoms with van der Waals surface area (Å²) in [5.41, 5.74) is 0. The molecule has 1 atom stereocenters. The molecule has 0 spiro atoms. The molecule has 0 aromatic carbocycles. The maximum absolute atomic E-state index is 5.62. The highest BCUT2D eigenvalue weighted by molar-refractivity contribution is 6.53. The monoisotopic (exact) mass is 224 g/mol. The van der Waals surface area contributed by atoms with Gasteiger partial charge in [-0.2, -0.15) is 0 Å². The van der Waals surface area contributed by atoms with E-state index in [9.17, 15) is 0 Å². The Morgan fingerprint density at radius 3 is 1.64 bits per heavy atom. The van der Waals surface area contributed by atoms with E-state index in [1.807, 2.05) is 13.8 Å². The van der Waals surface area contributed by atoms with E-state index in [1.165, 1.54) is 21.3 Å². The van der Waals surface area contributed by atoms with E-state index in [1.54, 1.807) is 7.11 Å². The first-order valence-corrected chi connectivity index (χ1v) is 6.05. The van der Waals surface area contributed by atoms with Crippen LogP contribution in [0.4, 0.5) is 0 Å². The molecule has 0 aromatic heterocycles. The maximum atomic E-state index is 5.62. The van der Waals surface area contributed by atoms with Crippen molar-refractivity contribution in [3.05, 3.63) is 0 Å². The van der Waals surface area contributed by atoms with Gasteiger partial charge in [-0.3, -0.25) is 0 Å². The third kappa shape index (κ3) is 3.30. The second-order valence-corrected chi connectivity index (χ2v) is 5.33. The van der Waals surface area contributed by atoms with Crippen molar-refractivity contribution in [3.8, 4) is 0 Å². The van der Waals surface area contributed by atoms with E-state index < -0.39 is 14.8 Å². The number of methoxy groups -OCH3 is 1. The molecule has 0 rings (SSSR count). The zero-order chi connectivity index (χ0) is 11.2. The maximum Gasteiger partial charge on any atom is 0.681 e. The molecule has 0 aliphatic heterocycles. The van der Waals surface area contributed by atoms with Gasteiger partial charge in [0, 0.05) is 28.4 Å². The first-order valence-electron chi connectivity index (χ1n) is 4.42. The first kappa shape index (κ1) is 14.0. The summed E-state index contributed by atoms with van der Waals surface area (Å²) in [6.45, 7) is 3.76. The zero-order valence-corrected chi connectivity index (χ0v) is 10.7. The minimum absolute atomic E-state index is 0.675. The fraction of sp³-hybridized carbons (Fsp3) is 1.00. The second-order valence-electron chi connectivity index (χ2n) is 2.91. The molecule has 0 N–H and O–H groups in total. The molecular formula is C8H20O5Si. The Hall–Kier alpha value is 0.0169. The highest BCUT2D eigenvalue weighted by Gasteiger charge is 2.48. The van der Waals surface area contributed by atoms with Gasteiger partial charge in [-0.15, -0.1) is 0 Å². The van der Waals surface area contributed by atoms with Crippen molar-refractivity contribution in [2.24, 2.45) is 0 Å². The van der Waals surface area contributed by atoms with Crippen molar-refractivity contribution in [1.82, 2.24) is 0 Å². The van der Waals surface area contributed by atoms with Crippen LogP contribution < -0.4 is 0 Å². The van der Waals surface area contributed by atoms with Crippen LogP contribution in [0.5, 0.6) is 0 Å². The van der Waals surface area contributed by atoms with E-state index in [0.29, 0.717) is 6.42 Å². The van der Waals surface area contributed by atoms with Crippen molar-refractivity contribution >= 4 is 9.05 Å². The Morgan fingerprint density at radius 2 is 1.43 bits per heavy atom. The molecule has 0 aliphatic rings. The molecule has 0 saturated heterocycles. The van der Waals surface area contributed by atoms with Crippen molar-refractivity contribution < 1.29 is 22.4 Å². The molecule has 0 heterocycles. The molecule has 0 radical (unpaired) electrons.